The number of hydrogen-bond donors (Lipinski definition) is 0. The third-order valence-corrected chi connectivity index (χ3v) is 5.79. The van der Waals surface area contributed by atoms with Gasteiger partial charge in [0.2, 0.25) is 0 Å². The van der Waals surface area contributed by atoms with Gasteiger partial charge in [0.25, 0.3) is 15.9 Å². The molecule has 9 heteroatoms. The molecule has 2 aromatic rings. The number of halogens is 2. The summed E-state index contributed by atoms with van der Waals surface area (Å²) in [5.41, 5.74) is -0.0632. The van der Waals surface area contributed by atoms with Crippen LogP contribution in [0, 0.1) is 0 Å². The summed E-state index contributed by atoms with van der Waals surface area (Å²) in [6, 6.07) is 10.2. The molecular weight excluding hydrogens is 377 g/mol. The molecule has 0 fully saturated rings. The maximum absolute atomic E-state index is 12.3. The molecular formula is C15H9Cl2NO5S. The van der Waals surface area contributed by atoms with Crippen molar-refractivity contribution in [2.75, 3.05) is 6.73 Å². The van der Waals surface area contributed by atoms with Crippen LogP contribution in [0.1, 0.15) is 20.7 Å². The Morgan fingerprint density at radius 3 is 2.29 bits per heavy atom. The zero-order chi connectivity index (χ0) is 17.5. The molecule has 0 saturated heterocycles. The monoisotopic (exact) mass is 385 g/mol. The van der Waals surface area contributed by atoms with Crippen LogP contribution in [0.5, 0.6) is 0 Å². The first kappa shape index (κ1) is 16.8. The molecule has 0 unspecified atom stereocenters. The summed E-state index contributed by atoms with van der Waals surface area (Å²) in [6.45, 7) is -0.768. The summed E-state index contributed by atoms with van der Waals surface area (Å²) in [5.74, 6) is -1.69. The topological polar surface area (TPSA) is 80.8 Å². The Bertz CT molecular complexity index is 938. The van der Waals surface area contributed by atoms with Crippen LogP contribution in [0.2, 0.25) is 10.0 Å². The summed E-state index contributed by atoms with van der Waals surface area (Å²) < 4.78 is 30.1. The molecule has 6 nitrogen and oxygen atoms in total. The van der Waals surface area contributed by atoms with Crippen molar-refractivity contribution in [2.45, 2.75) is 4.90 Å². The largest absolute Gasteiger partial charge is 0.439 e. The lowest BCUT2D eigenvalue weighted by Crippen LogP contribution is -2.33. The number of hydrogen-bond acceptors (Lipinski definition) is 5. The predicted octanol–water partition coefficient (Wildman–Crippen LogP) is 2.95. The molecule has 3 rings (SSSR count). The second kappa shape index (κ2) is 6.08. The molecule has 1 aliphatic heterocycles. The number of carbonyl (C=O) groups is 2. The van der Waals surface area contributed by atoms with Gasteiger partial charge in [-0.25, -0.2) is 13.2 Å². The van der Waals surface area contributed by atoms with Gasteiger partial charge in [0.05, 0.1) is 21.2 Å². The fourth-order valence-electron chi connectivity index (χ4n) is 2.24. The highest BCUT2D eigenvalue weighted by Gasteiger charge is 2.41. The summed E-state index contributed by atoms with van der Waals surface area (Å²) in [4.78, 5) is 24.2. The third-order valence-electron chi connectivity index (χ3n) is 3.39. The average molecular weight is 386 g/mol. The minimum atomic E-state index is -4.05. The molecule has 0 bridgehead atoms. The van der Waals surface area contributed by atoms with Gasteiger partial charge in [0, 0.05) is 0 Å². The molecule has 0 N–H and O–H groups in total. The van der Waals surface area contributed by atoms with Gasteiger partial charge in [-0.15, -0.1) is 0 Å². The first-order chi connectivity index (χ1) is 11.3. The molecule has 0 aromatic heterocycles. The molecule has 1 heterocycles. The SMILES string of the molecule is O=C(OCN1C(=O)c2ccccc2S1(=O)=O)c1c(Cl)cccc1Cl. The van der Waals surface area contributed by atoms with E-state index in [1.54, 1.807) is 12.1 Å². The predicted molar refractivity (Wildman–Crippen MR) is 86.5 cm³/mol. The number of fused-ring (bicyclic) bond motifs is 1. The Kier molecular flexibility index (Phi) is 4.25. The maximum atomic E-state index is 12.3. The van der Waals surface area contributed by atoms with Crippen molar-refractivity contribution in [3.05, 3.63) is 63.6 Å². The first-order valence-electron chi connectivity index (χ1n) is 6.61. The molecule has 2 aromatic carbocycles. The number of sulfonamides is 1. The van der Waals surface area contributed by atoms with Gasteiger partial charge >= 0.3 is 5.97 Å². The van der Waals surface area contributed by atoms with Crippen LogP contribution >= 0.6 is 23.2 Å². The Balaban J connectivity index is 1.84. The highest BCUT2D eigenvalue weighted by molar-refractivity contribution is 7.90. The van der Waals surface area contributed by atoms with Crippen LogP contribution < -0.4 is 0 Å². The van der Waals surface area contributed by atoms with Gasteiger partial charge in [-0.3, -0.25) is 4.79 Å². The molecule has 1 aliphatic rings. The molecule has 124 valence electrons. The highest BCUT2D eigenvalue weighted by atomic mass is 35.5. The number of nitrogens with zero attached hydrogens (tertiary/aromatic N) is 1. The van der Waals surface area contributed by atoms with E-state index in [0.717, 1.165) is 0 Å². The van der Waals surface area contributed by atoms with E-state index < -0.39 is 28.6 Å². The Labute approximate surface area is 147 Å². The van der Waals surface area contributed by atoms with Crippen molar-refractivity contribution in [3.63, 3.8) is 0 Å². The van der Waals surface area contributed by atoms with Crippen molar-refractivity contribution in [2.24, 2.45) is 0 Å². The van der Waals surface area contributed by atoms with Crippen LogP contribution in [0.4, 0.5) is 0 Å². The van der Waals surface area contributed by atoms with Gasteiger partial charge in [0.15, 0.2) is 6.73 Å². The molecule has 0 aliphatic carbocycles. The number of rotatable bonds is 3. The average Bonchev–Trinajstić information content (AvgIpc) is 2.73. The molecule has 1 amide bonds. The minimum absolute atomic E-state index is 0.0318. The van der Waals surface area contributed by atoms with Crippen LogP contribution in [0.3, 0.4) is 0 Å². The van der Waals surface area contributed by atoms with Crippen molar-refractivity contribution in [3.8, 4) is 0 Å². The van der Waals surface area contributed by atoms with Gasteiger partial charge in [-0.1, -0.05) is 41.4 Å². The van der Waals surface area contributed by atoms with Gasteiger partial charge in [0.1, 0.15) is 4.90 Å². The molecule has 0 atom stereocenters. The molecule has 0 radical (unpaired) electrons. The summed E-state index contributed by atoms with van der Waals surface area (Å²) in [6.07, 6.45) is 0. The number of carbonyl (C=O) groups excluding carboxylic acids is 2. The molecule has 0 saturated carbocycles. The van der Waals surface area contributed by atoms with E-state index in [9.17, 15) is 18.0 Å². The summed E-state index contributed by atoms with van der Waals surface area (Å²) in [5, 5.41) is 0.123. The van der Waals surface area contributed by atoms with E-state index in [2.05, 4.69) is 0 Å². The number of amides is 1. The Morgan fingerprint density at radius 2 is 1.67 bits per heavy atom. The Morgan fingerprint density at radius 1 is 1.04 bits per heavy atom. The van der Waals surface area contributed by atoms with E-state index in [-0.39, 0.29) is 26.1 Å². The summed E-state index contributed by atoms with van der Waals surface area (Å²) >= 11 is 11.8. The molecule has 24 heavy (non-hydrogen) atoms. The number of ether oxygens (including phenoxy) is 1. The number of benzene rings is 2. The van der Waals surface area contributed by atoms with Gasteiger partial charge < -0.3 is 4.74 Å². The summed E-state index contributed by atoms with van der Waals surface area (Å²) in [7, 11) is -4.05. The van der Waals surface area contributed by atoms with Gasteiger partial charge in [-0.2, -0.15) is 4.31 Å². The normalized spacial score (nSPS) is 15.2. The van der Waals surface area contributed by atoms with Crippen molar-refractivity contribution in [1.29, 1.82) is 0 Å². The highest BCUT2D eigenvalue weighted by Crippen LogP contribution is 2.30. The second-order valence-electron chi connectivity index (χ2n) is 4.81. The zero-order valence-corrected chi connectivity index (χ0v) is 14.2. The number of esters is 1. The second-order valence-corrected chi connectivity index (χ2v) is 7.46. The van der Waals surface area contributed by atoms with E-state index >= 15 is 0 Å². The van der Waals surface area contributed by atoms with Crippen LogP contribution in [-0.2, 0) is 14.8 Å². The van der Waals surface area contributed by atoms with E-state index in [4.69, 9.17) is 27.9 Å². The molecule has 0 spiro atoms. The minimum Gasteiger partial charge on any atom is -0.439 e. The lowest BCUT2D eigenvalue weighted by Gasteiger charge is -2.15. The fraction of sp³-hybridized carbons (Fsp3) is 0.0667. The smallest absolute Gasteiger partial charge is 0.342 e. The Hall–Kier alpha value is -2.09. The lowest BCUT2D eigenvalue weighted by molar-refractivity contribution is 0.0358. The zero-order valence-electron chi connectivity index (χ0n) is 11.9. The van der Waals surface area contributed by atoms with Crippen molar-refractivity contribution in [1.82, 2.24) is 4.31 Å². The first-order valence-corrected chi connectivity index (χ1v) is 8.81. The van der Waals surface area contributed by atoms with Crippen LogP contribution in [0.25, 0.3) is 0 Å². The van der Waals surface area contributed by atoms with Crippen molar-refractivity contribution >= 4 is 45.1 Å². The van der Waals surface area contributed by atoms with Crippen LogP contribution in [-0.4, -0.2) is 31.3 Å². The lowest BCUT2D eigenvalue weighted by atomic mass is 10.2. The third kappa shape index (κ3) is 2.64. The standard InChI is InChI=1S/C15H9Cl2NO5S/c16-10-5-3-6-11(17)13(10)15(20)23-8-18-14(19)9-4-1-2-7-12(9)24(18,21)22/h1-7H,8H2. The van der Waals surface area contributed by atoms with E-state index in [1.165, 1.54) is 30.3 Å². The van der Waals surface area contributed by atoms with E-state index in [0.29, 0.717) is 4.31 Å². The quantitative estimate of drug-likeness (QED) is 0.758. The fourth-order valence-corrected chi connectivity index (χ4v) is 4.22. The maximum Gasteiger partial charge on any atom is 0.342 e. The van der Waals surface area contributed by atoms with Crippen LogP contribution in [0.15, 0.2) is 47.4 Å². The van der Waals surface area contributed by atoms with Gasteiger partial charge in [-0.05, 0) is 24.3 Å². The van der Waals surface area contributed by atoms with E-state index in [1.807, 2.05) is 0 Å². The van der Waals surface area contributed by atoms with Crippen molar-refractivity contribution < 1.29 is 22.7 Å².